The second-order valence-electron chi connectivity index (χ2n) is 4.74. The summed E-state index contributed by atoms with van der Waals surface area (Å²) in [7, 11) is 0. The smallest absolute Gasteiger partial charge is 0.130 e. The van der Waals surface area contributed by atoms with Crippen LogP contribution in [-0.2, 0) is 13.2 Å². The molecule has 1 heterocycles. The molecule has 20 heavy (non-hydrogen) atoms. The van der Waals surface area contributed by atoms with Crippen LogP contribution in [-0.4, -0.2) is 14.9 Å². The summed E-state index contributed by atoms with van der Waals surface area (Å²) in [5.74, 6) is 0.644. The van der Waals surface area contributed by atoms with Crippen molar-refractivity contribution in [2.75, 3.05) is 0 Å². The summed E-state index contributed by atoms with van der Waals surface area (Å²) < 4.78 is 7.73. The van der Waals surface area contributed by atoms with Gasteiger partial charge in [-0.3, -0.25) is 4.68 Å². The molecule has 5 heteroatoms. The molecule has 1 aromatic heterocycles. The molecular formula is C15H19ClN2O2. The molecule has 0 fully saturated rings. The largest absolute Gasteiger partial charge is 0.487 e. The first kappa shape index (κ1) is 14.9. The molecule has 1 aromatic carbocycles. The molecule has 0 saturated carbocycles. The molecule has 108 valence electrons. The van der Waals surface area contributed by atoms with E-state index in [-0.39, 0.29) is 0 Å². The monoisotopic (exact) mass is 294 g/mol. The molecule has 0 bridgehead atoms. The van der Waals surface area contributed by atoms with E-state index in [1.165, 1.54) is 0 Å². The van der Waals surface area contributed by atoms with Gasteiger partial charge in [0, 0.05) is 17.1 Å². The van der Waals surface area contributed by atoms with Gasteiger partial charge < -0.3 is 9.84 Å². The molecule has 2 rings (SSSR count). The molecule has 1 N–H and O–H groups in total. The third-order valence-electron chi connectivity index (χ3n) is 3.08. The lowest BCUT2D eigenvalue weighted by Gasteiger charge is -2.14. The maximum absolute atomic E-state index is 9.77. The lowest BCUT2D eigenvalue weighted by molar-refractivity contribution is 0.189. The third kappa shape index (κ3) is 3.32. The van der Waals surface area contributed by atoms with E-state index in [9.17, 15) is 5.11 Å². The van der Waals surface area contributed by atoms with E-state index in [1.807, 2.05) is 24.6 Å². The van der Waals surface area contributed by atoms with Crippen molar-refractivity contribution in [3.05, 3.63) is 46.2 Å². The van der Waals surface area contributed by atoms with Gasteiger partial charge in [0.05, 0.1) is 17.5 Å². The predicted molar refractivity (Wildman–Crippen MR) is 79.1 cm³/mol. The zero-order chi connectivity index (χ0) is 14.7. The minimum atomic E-state index is -0.624. The summed E-state index contributed by atoms with van der Waals surface area (Å²) in [6, 6.07) is 7.26. The van der Waals surface area contributed by atoms with Crippen molar-refractivity contribution in [1.29, 1.82) is 0 Å². The SMILES string of the molecule is CCn1nc(C)cc1COc1ccc(Cl)cc1C(C)O. The molecule has 4 nitrogen and oxygen atoms in total. The van der Waals surface area contributed by atoms with E-state index in [2.05, 4.69) is 5.10 Å². The van der Waals surface area contributed by atoms with Gasteiger partial charge >= 0.3 is 0 Å². The van der Waals surface area contributed by atoms with Crippen molar-refractivity contribution in [2.45, 2.75) is 40.0 Å². The minimum Gasteiger partial charge on any atom is -0.487 e. The highest BCUT2D eigenvalue weighted by atomic mass is 35.5. The van der Waals surface area contributed by atoms with Gasteiger partial charge in [0.25, 0.3) is 0 Å². The van der Waals surface area contributed by atoms with Gasteiger partial charge in [0.15, 0.2) is 0 Å². The molecule has 2 aromatic rings. The minimum absolute atomic E-state index is 0.413. The number of halogens is 1. The number of hydrogen-bond donors (Lipinski definition) is 1. The highest BCUT2D eigenvalue weighted by Gasteiger charge is 2.11. The van der Waals surface area contributed by atoms with Gasteiger partial charge in [-0.25, -0.2) is 0 Å². The third-order valence-corrected chi connectivity index (χ3v) is 3.32. The molecule has 0 aliphatic rings. The van der Waals surface area contributed by atoms with Crippen LogP contribution in [0.25, 0.3) is 0 Å². The van der Waals surface area contributed by atoms with Gasteiger partial charge in [0.1, 0.15) is 12.4 Å². The maximum Gasteiger partial charge on any atom is 0.130 e. The Morgan fingerprint density at radius 3 is 2.80 bits per heavy atom. The summed E-state index contributed by atoms with van der Waals surface area (Å²) >= 11 is 5.95. The van der Waals surface area contributed by atoms with Crippen molar-refractivity contribution in [1.82, 2.24) is 9.78 Å². The molecule has 0 spiro atoms. The van der Waals surface area contributed by atoms with Crippen molar-refractivity contribution in [3.63, 3.8) is 0 Å². The highest BCUT2D eigenvalue weighted by molar-refractivity contribution is 6.30. The van der Waals surface area contributed by atoms with Crippen LogP contribution in [0.3, 0.4) is 0 Å². The number of ether oxygens (including phenoxy) is 1. The molecule has 1 atom stereocenters. The van der Waals surface area contributed by atoms with E-state index >= 15 is 0 Å². The van der Waals surface area contributed by atoms with E-state index in [4.69, 9.17) is 16.3 Å². The highest BCUT2D eigenvalue weighted by Crippen LogP contribution is 2.28. The van der Waals surface area contributed by atoms with Crippen molar-refractivity contribution in [3.8, 4) is 5.75 Å². The van der Waals surface area contributed by atoms with Crippen molar-refractivity contribution >= 4 is 11.6 Å². The van der Waals surface area contributed by atoms with E-state index < -0.39 is 6.10 Å². The Bertz CT molecular complexity index is 594. The maximum atomic E-state index is 9.77. The second-order valence-corrected chi connectivity index (χ2v) is 5.18. The van der Waals surface area contributed by atoms with Crippen molar-refractivity contribution in [2.24, 2.45) is 0 Å². The molecule has 0 aliphatic carbocycles. The van der Waals surface area contributed by atoms with Gasteiger partial charge in [-0.1, -0.05) is 11.6 Å². The first-order chi connectivity index (χ1) is 9.51. The predicted octanol–water partition coefficient (Wildman–Crippen LogP) is 3.50. The van der Waals surface area contributed by atoms with Crippen molar-refractivity contribution < 1.29 is 9.84 Å². The van der Waals surface area contributed by atoms with Gasteiger partial charge in [-0.15, -0.1) is 0 Å². The number of benzene rings is 1. The van der Waals surface area contributed by atoms with Crippen LogP contribution in [0.2, 0.25) is 5.02 Å². The standard InChI is InChI=1S/C15H19ClN2O2/c1-4-18-13(7-10(2)17-18)9-20-15-6-5-12(16)8-14(15)11(3)19/h5-8,11,19H,4,9H2,1-3H3. The number of aliphatic hydroxyl groups excluding tert-OH is 1. The topological polar surface area (TPSA) is 47.3 Å². The Labute approximate surface area is 123 Å². The summed E-state index contributed by atoms with van der Waals surface area (Å²) in [5.41, 5.74) is 2.67. The number of aryl methyl sites for hydroxylation is 2. The van der Waals surface area contributed by atoms with Gasteiger partial charge in [-0.05, 0) is 45.0 Å². The number of aliphatic hydroxyl groups is 1. The van der Waals surface area contributed by atoms with Gasteiger partial charge in [0.2, 0.25) is 0 Å². The number of nitrogens with zero attached hydrogens (tertiary/aromatic N) is 2. The molecule has 0 radical (unpaired) electrons. The molecule has 0 saturated heterocycles. The van der Waals surface area contributed by atoms with E-state index in [0.29, 0.717) is 22.9 Å². The quantitative estimate of drug-likeness (QED) is 0.918. The zero-order valence-corrected chi connectivity index (χ0v) is 12.7. The Morgan fingerprint density at radius 2 is 2.15 bits per heavy atom. The first-order valence-corrected chi connectivity index (χ1v) is 7.02. The summed E-state index contributed by atoms with van der Waals surface area (Å²) in [6.45, 7) is 6.91. The van der Waals surface area contributed by atoms with E-state index in [1.54, 1.807) is 25.1 Å². The van der Waals surface area contributed by atoms with Gasteiger partial charge in [-0.2, -0.15) is 5.10 Å². The molecular weight excluding hydrogens is 276 g/mol. The summed E-state index contributed by atoms with van der Waals surface area (Å²) in [4.78, 5) is 0. The fourth-order valence-corrected chi connectivity index (χ4v) is 2.30. The lowest BCUT2D eigenvalue weighted by Crippen LogP contribution is -2.07. The van der Waals surface area contributed by atoms with Crippen LogP contribution >= 0.6 is 11.6 Å². The summed E-state index contributed by atoms with van der Waals surface area (Å²) in [5, 5.41) is 14.7. The zero-order valence-electron chi connectivity index (χ0n) is 11.9. The van der Waals surface area contributed by atoms with Crippen LogP contribution in [0.15, 0.2) is 24.3 Å². The summed E-state index contributed by atoms with van der Waals surface area (Å²) in [6.07, 6.45) is -0.624. The Balaban J connectivity index is 2.18. The number of aromatic nitrogens is 2. The molecule has 1 unspecified atom stereocenters. The second kappa shape index (κ2) is 6.29. The Kier molecular flexibility index (Phi) is 4.68. The van der Waals surface area contributed by atoms with Crippen LogP contribution in [0, 0.1) is 6.92 Å². The number of rotatable bonds is 5. The Hall–Kier alpha value is -1.52. The average molecular weight is 295 g/mol. The lowest BCUT2D eigenvalue weighted by atomic mass is 10.1. The van der Waals surface area contributed by atoms with Crippen LogP contribution in [0.5, 0.6) is 5.75 Å². The fourth-order valence-electron chi connectivity index (χ4n) is 2.12. The fraction of sp³-hybridized carbons (Fsp3) is 0.400. The Morgan fingerprint density at radius 1 is 1.40 bits per heavy atom. The van der Waals surface area contributed by atoms with Crippen LogP contribution in [0.1, 0.15) is 36.9 Å². The first-order valence-electron chi connectivity index (χ1n) is 6.65. The number of hydrogen-bond acceptors (Lipinski definition) is 3. The van der Waals surface area contributed by atoms with Crippen LogP contribution < -0.4 is 4.74 Å². The molecule has 0 aliphatic heterocycles. The normalized spacial score (nSPS) is 12.4. The van der Waals surface area contributed by atoms with E-state index in [0.717, 1.165) is 17.9 Å². The van der Waals surface area contributed by atoms with Crippen LogP contribution in [0.4, 0.5) is 0 Å². The molecule has 0 amide bonds. The average Bonchev–Trinajstić information content (AvgIpc) is 2.77.